The van der Waals surface area contributed by atoms with Crippen LogP contribution in [0.1, 0.15) is 0 Å². The van der Waals surface area contributed by atoms with Crippen LogP contribution in [0.5, 0.6) is 0 Å². The van der Waals surface area contributed by atoms with Crippen molar-refractivity contribution in [1.82, 2.24) is 47.9 Å². The maximum atomic E-state index is 5.32. The third-order valence-corrected chi connectivity index (χ3v) is 4.80. The minimum Gasteiger partial charge on any atom is -0.329 e. The molecule has 0 aliphatic rings. The Labute approximate surface area is 239 Å². The molecule has 15 nitrogen and oxygen atoms in total. The highest BCUT2D eigenvalue weighted by Crippen LogP contribution is 1.62. The Hall–Kier alpha value is -0.600. The van der Waals surface area contributed by atoms with Gasteiger partial charge in [0.05, 0.1) is 0 Å². The average Bonchev–Trinajstić information content (AvgIpc) is 2.95. The monoisotopic (exact) mass is 568 g/mol. The summed E-state index contributed by atoms with van der Waals surface area (Å²) in [6.07, 6.45) is 0. The van der Waals surface area contributed by atoms with Gasteiger partial charge in [-0.1, -0.05) is 0 Å². The van der Waals surface area contributed by atoms with E-state index in [4.69, 9.17) is 34.4 Å². The predicted molar refractivity (Wildman–Crippen MR) is 170 cm³/mol. The molecule has 0 fully saturated rings. The standard InChI is InChI=1S/3C8H23N5/c3*9-1-3-11-5-7-13-8-6-12-4-2-10/h3*11-13H,1-10H2. The van der Waals surface area contributed by atoms with Gasteiger partial charge in [0.1, 0.15) is 0 Å². The van der Waals surface area contributed by atoms with Crippen LogP contribution in [0.3, 0.4) is 0 Å². The number of rotatable bonds is 30. The number of nitrogens with two attached hydrogens (primary N) is 6. The maximum absolute atomic E-state index is 5.32. The average molecular weight is 568 g/mol. The van der Waals surface area contributed by atoms with E-state index >= 15 is 0 Å². The SMILES string of the molecule is NCCNCCNCCNCCN.NCCNCCNCCNCCN.NCCNCCNCCNCCN. The molecule has 0 amide bonds. The predicted octanol–water partition coefficient (Wildman–Crippen LogP) is -6.98. The molecule has 0 spiro atoms. The van der Waals surface area contributed by atoms with Crippen LogP contribution in [0.15, 0.2) is 0 Å². The van der Waals surface area contributed by atoms with Crippen LogP contribution >= 0.6 is 0 Å². The Balaban J connectivity index is -0.000000498. The zero-order valence-electron chi connectivity index (χ0n) is 24.9. The second-order valence-corrected chi connectivity index (χ2v) is 8.48. The van der Waals surface area contributed by atoms with Crippen molar-refractivity contribution in [2.75, 3.05) is 157 Å². The maximum Gasteiger partial charge on any atom is 0.00772 e. The van der Waals surface area contributed by atoms with Crippen molar-refractivity contribution in [1.29, 1.82) is 0 Å². The summed E-state index contributed by atoms with van der Waals surface area (Å²) >= 11 is 0. The molecule has 0 saturated carbocycles. The first-order valence-corrected chi connectivity index (χ1v) is 14.8. The van der Waals surface area contributed by atoms with Crippen LogP contribution in [-0.4, -0.2) is 157 Å². The van der Waals surface area contributed by atoms with Crippen LogP contribution in [0.2, 0.25) is 0 Å². The van der Waals surface area contributed by atoms with Gasteiger partial charge in [0.25, 0.3) is 0 Å². The first-order valence-electron chi connectivity index (χ1n) is 14.8. The fourth-order valence-electron chi connectivity index (χ4n) is 2.80. The molecule has 0 aliphatic heterocycles. The summed E-state index contributed by atoms with van der Waals surface area (Å²) in [6.45, 7) is 21.4. The molecule has 0 rings (SSSR count). The molecule has 240 valence electrons. The minimum atomic E-state index is 0.706. The van der Waals surface area contributed by atoms with Crippen molar-refractivity contribution in [2.45, 2.75) is 0 Å². The van der Waals surface area contributed by atoms with Gasteiger partial charge in [-0.15, -0.1) is 0 Å². The van der Waals surface area contributed by atoms with Gasteiger partial charge in [0, 0.05) is 157 Å². The van der Waals surface area contributed by atoms with Gasteiger partial charge in [0.15, 0.2) is 0 Å². The van der Waals surface area contributed by atoms with Crippen molar-refractivity contribution < 1.29 is 0 Å². The molecular formula is C24H69N15. The van der Waals surface area contributed by atoms with Crippen molar-refractivity contribution in [3.8, 4) is 0 Å². The molecule has 0 radical (unpaired) electrons. The Kier molecular flexibility index (Phi) is 51.9. The first kappa shape index (κ1) is 42.9. The highest BCUT2D eigenvalue weighted by Gasteiger charge is 1.89. The fourth-order valence-corrected chi connectivity index (χ4v) is 2.80. The molecule has 21 N–H and O–H groups in total. The van der Waals surface area contributed by atoms with Gasteiger partial charge >= 0.3 is 0 Å². The van der Waals surface area contributed by atoms with E-state index in [1.807, 2.05) is 0 Å². The summed E-state index contributed by atoms with van der Waals surface area (Å²) in [4.78, 5) is 0. The van der Waals surface area contributed by atoms with Gasteiger partial charge in [-0.2, -0.15) is 0 Å². The van der Waals surface area contributed by atoms with E-state index in [-0.39, 0.29) is 0 Å². The molecule has 0 aromatic heterocycles. The summed E-state index contributed by atoms with van der Waals surface area (Å²) in [6, 6.07) is 0. The van der Waals surface area contributed by atoms with E-state index in [1.54, 1.807) is 0 Å². The Bertz CT molecular complexity index is 288. The van der Waals surface area contributed by atoms with Gasteiger partial charge in [0.2, 0.25) is 0 Å². The lowest BCUT2D eigenvalue weighted by molar-refractivity contribution is 0.586. The second kappa shape index (κ2) is 47.2. The van der Waals surface area contributed by atoms with E-state index in [1.165, 1.54) is 0 Å². The smallest absolute Gasteiger partial charge is 0.00772 e. The molecule has 0 aliphatic carbocycles. The normalized spacial score (nSPS) is 10.6. The summed E-state index contributed by atoms with van der Waals surface area (Å²) in [5.41, 5.74) is 31.9. The van der Waals surface area contributed by atoms with Crippen molar-refractivity contribution >= 4 is 0 Å². The van der Waals surface area contributed by atoms with E-state index in [0.29, 0.717) is 39.3 Å². The van der Waals surface area contributed by atoms with E-state index in [2.05, 4.69) is 47.9 Å². The molecule has 0 unspecified atom stereocenters. The third-order valence-electron chi connectivity index (χ3n) is 4.80. The van der Waals surface area contributed by atoms with Crippen molar-refractivity contribution in [3.05, 3.63) is 0 Å². The van der Waals surface area contributed by atoms with E-state index in [0.717, 1.165) is 118 Å². The van der Waals surface area contributed by atoms with Crippen molar-refractivity contribution in [2.24, 2.45) is 34.4 Å². The topological polar surface area (TPSA) is 264 Å². The quantitative estimate of drug-likeness (QED) is 0.0359. The van der Waals surface area contributed by atoms with Crippen molar-refractivity contribution in [3.63, 3.8) is 0 Å². The van der Waals surface area contributed by atoms with E-state index < -0.39 is 0 Å². The Morgan fingerprint density at radius 1 is 0.179 bits per heavy atom. The highest BCUT2D eigenvalue weighted by molar-refractivity contribution is 4.57. The lowest BCUT2D eigenvalue weighted by Gasteiger charge is -2.06. The second-order valence-electron chi connectivity index (χ2n) is 8.48. The molecule has 0 bridgehead atoms. The van der Waals surface area contributed by atoms with Crippen LogP contribution in [0, 0.1) is 0 Å². The first-order chi connectivity index (χ1) is 19.2. The molecule has 15 heteroatoms. The zero-order valence-corrected chi connectivity index (χ0v) is 24.9. The summed E-state index contributed by atoms with van der Waals surface area (Å²) in [7, 11) is 0. The lowest BCUT2D eigenvalue weighted by Crippen LogP contribution is -2.35. The molecular weight excluding hydrogens is 498 g/mol. The number of hydrogen-bond acceptors (Lipinski definition) is 15. The van der Waals surface area contributed by atoms with Crippen LogP contribution < -0.4 is 82.3 Å². The van der Waals surface area contributed by atoms with Gasteiger partial charge in [-0.3, -0.25) is 0 Å². The van der Waals surface area contributed by atoms with Crippen LogP contribution in [-0.2, 0) is 0 Å². The fraction of sp³-hybridized carbons (Fsp3) is 1.00. The van der Waals surface area contributed by atoms with Crippen LogP contribution in [0.4, 0.5) is 0 Å². The summed E-state index contributed by atoms with van der Waals surface area (Å²) in [5.74, 6) is 0. The molecule has 0 heterocycles. The largest absolute Gasteiger partial charge is 0.329 e. The number of nitrogens with one attached hydrogen (secondary N) is 9. The number of hydrogen-bond donors (Lipinski definition) is 15. The molecule has 0 saturated heterocycles. The highest BCUT2D eigenvalue weighted by atomic mass is 15.0. The van der Waals surface area contributed by atoms with Gasteiger partial charge in [-0.05, 0) is 0 Å². The summed E-state index contributed by atoms with van der Waals surface area (Å²) < 4.78 is 0. The van der Waals surface area contributed by atoms with E-state index in [9.17, 15) is 0 Å². The van der Waals surface area contributed by atoms with Crippen LogP contribution in [0.25, 0.3) is 0 Å². The minimum absolute atomic E-state index is 0.706. The van der Waals surface area contributed by atoms with Gasteiger partial charge < -0.3 is 82.3 Å². The summed E-state index contributed by atoms with van der Waals surface area (Å²) in [5, 5.41) is 29.1. The Morgan fingerprint density at radius 3 is 0.385 bits per heavy atom. The Morgan fingerprint density at radius 2 is 0.282 bits per heavy atom. The molecule has 0 atom stereocenters. The lowest BCUT2D eigenvalue weighted by atomic mass is 10.5. The molecule has 39 heavy (non-hydrogen) atoms. The molecule has 0 aromatic rings. The third kappa shape index (κ3) is 54.2. The van der Waals surface area contributed by atoms with Gasteiger partial charge in [-0.25, -0.2) is 0 Å². The zero-order chi connectivity index (χ0) is 29.3. The molecule has 0 aromatic carbocycles.